The summed E-state index contributed by atoms with van der Waals surface area (Å²) in [6.45, 7) is 1.02. The highest BCUT2D eigenvalue weighted by molar-refractivity contribution is 5.82. The van der Waals surface area contributed by atoms with Crippen molar-refractivity contribution in [2.75, 3.05) is 13.7 Å². The van der Waals surface area contributed by atoms with E-state index in [4.69, 9.17) is 4.74 Å². The average molecular weight is 210 g/mol. The van der Waals surface area contributed by atoms with E-state index in [2.05, 4.69) is 10.3 Å². The molecule has 0 aromatic rings. The van der Waals surface area contributed by atoms with Crippen LogP contribution < -0.4 is 5.32 Å². The third-order valence-electron chi connectivity index (χ3n) is 3.46. The van der Waals surface area contributed by atoms with Crippen LogP contribution in [0.3, 0.4) is 0 Å². The zero-order valence-electron chi connectivity index (χ0n) is 9.67. The maximum absolute atomic E-state index is 5.38. The van der Waals surface area contributed by atoms with Crippen LogP contribution in [0.4, 0.5) is 0 Å². The van der Waals surface area contributed by atoms with E-state index < -0.39 is 0 Å². The molecule has 0 bridgehead atoms. The molecule has 3 heteroatoms. The minimum atomic E-state index is 0.467. The van der Waals surface area contributed by atoms with Crippen LogP contribution in [0.15, 0.2) is 4.99 Å². The average Bonchev–Trinajstić information content (AvgIpc) is 2.54. The van der Waals surface area contributed by atoms with Gasteiger partial charge >= 0.3 is 0 Å². The highest BCUT2D eigenvalue weighted by atomic mass is 16.5. The van der Waals surface area contributed by atoms with Crippen LogP contribution in [0.1, 0.15) is 44.9 Å². The van der Waals surface area contributed by atoms with Crippen LogP contribution in [0.25, 0.3) is 0 Å². The monoisotopic (exact) mass is 210 g/mol. The lowest BCUT2D eigenvalue weighted by Gasteiger charge is -2.15. The number of aliphatic imine (C=N–C) groups is 1. The van der Waals surface area contributed by atoms with Crippen molar-refractivity contribution in [2.45, 2.75) is 57.1 Å². The second kappa shape index (κ2) is 5.50. The fourth-order valence-corrected chi connectivity index (χ4v) is 2.51. The van der Waals surface area contributed by atoms with Crippen LogP contribution in [0.2, 0.25) is 0 Å². The first kappa shape index (κ1) is 10.9. The normalized spacial score (nSPS) is 32.2. The molecule has 2 unspecified atom stereocenters. The van der Waals surface area contributed by atoms with Gasteiger partial charge in [0.15, 0.2) is 0 Å². The summed E-state index contributed by atoms with van der Waals surface area (Å²) in [4.78, 5) is 4.60. The minimum absolute atomic E-state index is 0.467. The van der Waals surface area contributed by atoms with E-state index in [1.54, 1.807) is 0 Å². The van der Waals surface area contributed by atoms with Gasteiger partial charge in [-0.05, 0) is 32.1 Å². The van der Waals surface area contributed by atoms with Gasteiger partial charge in [0, 0.05) is 26.1 Å². The summed E-state index contributed by atoms with van der Waals surface area (Å²) in [6.07, 6.45) is 9.08. The summed E-state index contributed by atoms with van der Waals surface area (Å²) in [5, 5.41) is 3.59. The molecule has 86 valence electrons. The van der Waals surface area contributed by atoms with E-state index >= 15 is 0 Å². The molecule has 2 rings (SSSR count). The molecule has 1 heterocycles. The number of methoxy groups -OCH3 is 1. The SMILES string of the molecule is COC1CCC(NC2=NCCCCC2)C1. The standard InChI is InChI=1S/C12H22N2O/c1-15-11-7-6-10(9-11)14-12-5-3-2-4-8-13-12/h10-11H,2-9H2,1H3,(H,13,14). The first-order valence-corrected chi connectivity index (χ1v) is 6.21. The second-order valence-corrected chi connectivity index (χ2v) is 4.65. The Labute approximate surface area is 92.3 Å². The molecule has 0 aromatic carbocycles. The minimum Gasteiger partial charge on any atom is -0.381 e. The number of hydrogen-bond acceptors (Lipinski definition) is 3. The molecule has 0 saturated heterocycles. The Morgan fingerprint density at radius 3 is 3.00 bits per heavy atom. The molecule has 15 heavy (non-hydrogen) atoms. The first-order valence-electron chi connectivity index (χ1n) is 6.21. The first-order chi connectivity index (χ1) is 7.38. The Balaban J connectivity index is 1.78. The zero-order valence-corrected chi connectivity index (χ0v) is 9.67. The lowest BCUT2D eigenvalue weighted by atomic mass is 10.2. The van der Waals surface area contributed by atoms with Crippen molar-refractivity contribution in [3.05, 3.63) is 0 Å². The number of ether oxygens (including phenoxy) is 1. The second-order valence-electron chi connectivity index (χ2n) is 4.65. The summed E-state index contributed by atoms with van der Waals surface area (Å²) in [5.41, 5.74) is 0. The maximum atomic E-state index is 5.38. The van der Waals surface area contributed by atoms with Crippen LogP contribution in [0, 0.1) is 0 Å². The third kappa shape index (κ3) is 3.20. The molecular formula is C12H22N2O. The van der Waals surface area contributed by atoms with Gasteiger partial charge in [-0.3, -0.25) is 4.99 Å². The van der Waals surface area contributed by atoms with Gasteiger partial charge in [-0.15, -0.1) is 0 Å². The van der Waals surface area contributed by atoms with Crippen molar-refractivity contribution in [3.8, 4) is 0 Å². The molecule has 0 aromatic heterocycles. The Bertz CT molecular complexity index is 228. The third-order valence-corrected chi connectivity index (χ3v) is 3.46. The molecule has 1 saturated carbocycles. The largest absolute Gasteiger partial charge is 0.381 e. The fraction of sp³-hybridized carbons (Fsp3) is 0.917. The molecule has 0 spiro atoms. The highest BCUT2D eigenvalue weighted by Crippen LogP contribution is 2.21. The lowest BCUT2D eigenvalue weighted by molar-refractivity contribution is 0.107. The van der Waals surface area contributed by atoms with Gasteiger partial charge in [0.25, 0.3) is 0 Å². The number of amidine groups is 1. The summed E-state index contributed by atoms with van der Waals surface area (Å²) in [6, 6.07) is 0.604. The molecule has 1 aliphatic carbocycles. The predicted octanol–water partition coefficient (Wildman–Crippen LogP) is 2.12. The van der Waals surface area contributed by atoms with Crippen LogP contribution in [-0.4, -0.2) is 31.6 Å². The Kier molecular flexibility index (Phi) is 4.01. The number of hydrogen-bond donors (Lipinski definition) is 1. The Morgan fingerprint density at radius 2 is 2.20 bits per heavy atom. The Morgan fingerprint density at radius 1 is 1.27 bits per heavy atom. The summed E-state index contributed by atoms with van der Waals surface area (Å²) in [5.74, 6) is 1.24. The Hall–Kier alpha value is -0.570. The zero-order chi connectivity index (χ0) is 10.5. The van der Waals surface area contributed by atoms with Gasteiger partial charge in [0.05, 0.1) is 11.9 Å². The van der Waals surface area contributed by atoms with Crippen molar-refractivity contribution in [3.63, 3.8) is 0 Å². The van der Waals surface area contributed by atoms with E-state index in [0.29, 0.717) is 12.1 Å². The summed E-state index contributed by atoms with van der Waals surface area (Å²) in [7, 11) is 1.82. The van der Waals surface area contributed by atoms with Crippen molar-refractivity contribution in [1.29, 1.82) is 0 Å². The molecule has 2 atom stereocenters. The predicted molar refractivity (Wildman–Crippen MR) is 62.3 cm³/mol. The van der Waals surface area contributed by atoms with Crippen molar-refractivity contribution >= 4 is 5.84 Å². The maximum Gasteiger partial charge on any atom is 0.0965 e. The number of rotatable bonds is 2. The van der Waals surface area contributed by atoms with Gasteiger partial charge < -0.3 is 10.1 Å². The van der Waals surface area contributed by atoms with Crippen LogP contribution >= 0.6 is 0 Å². The van der Waals surface area contributed by atoms with Gasteiger partial charge in [-0.1, -0.05) is 6.42 Å². The molecular weight excluding hydrogens is 188 g/mol. The summed E-state index contributed by atoms with van der Waals surface area (Å²) >= 11 is 0. The lowest BCUT2D eigenvalue weighted by Crippen LogP contribution is -2.33. The van der Waals surface area contributed by atoms with Crippen molar-refractivity contribution in [1.82, 2.24) is 5.32 Å². The molecule has 0 radical (unpaired) electrons. The van der Waals surface area contributed by atoms with Gasteiger partial charge in [-0.2, -0.15) is 0 Å². The highest BCUT2D eigenvalue weighted by Gasteiger charge is 2.24. The molecule has 3 nitrogen and oxygen atoms in total. The van der Waals surface area contributed by atoms with E-state index in [0.717, 1.165) is 19.4 Å². The van der Waals surface area contributed by atoms with Gasteiger partial charge in [0.1, 0.15) is 0 Å². The molecule has 2 aliphatic rings. The van der Waals surface area contributed by atoms with E-state index in [9.17, 15) is 0 Å². The number of nitrogens with one attached hydrogen (secondary N) is 1. The quantitative estimate of drug-likeness (QED) is 0.757. The fourth-order valence-electron chi connectivity index (χ4n) is 2.51. The summed E-state index contributed by atoms with van der Waals surface area (Å²) < 4.78 is 5.38. The van der Waals surface area contributed by atoms with Gasteiger partial charge in [0.2, 0.25) is 0 Å². The topological polar surface area (TPSA) is 33.6 Å². The molecule has 1 fully saturated rings. The van der Waals surface area contributed by atoms with Crippen molar-refractivity contribution < 1.29 is 4.74 Å². The molecule has 1 aliphatic heterocycles. The smallest absolute Gasteiger partial charge is 0.0965 e. The molecule has 0 amide bonds. The van der Waals surface area contributed by atoms with Crippen LogP contribution in [0.5, 0.6) is 0 Å². The van der Waals surface area contributed by atoms with E-state index in [1.165, 1.54) is 37.9 Å². The van der Waals surface area contributed by atoms with Gasteiger partial charge in [-0.25, -0.2) is 0 Å². The van der Waals surface area contributed by atoms with E-state index in [-0.39, 0.29) is 0 Å². The number of nitrogens with zero attached hydrogens (tertiary/aromatic N) is 1. The van der Waals surface area contributed by atoms with E-state index in [1.807, 2.05) is 7.11 Å². The van der Waals surface area contributed by atoms with Crippen molar-refractivity contribution in [2.24, 2.45) is 4.99 Å². The molecule has 1 N–H and O–H groups in total. The van der Waals surface area contributed by atoms with Crippen LogP contribution in [-0.2, 0) is 4.74 Å².